The van der Waals surface area contributed by atoms with Crippen LogP contribution in [-0.2, 0) is 16.0 Å². The van der Waals surface area contributed by atoms with Crippen molar-refractivity contribution in [1.82, 2.24) is 0 Å². The van der Waals surface area contributed by atoms with E-state index >= 15 is 0 Å². The number of hydrogen-bond acceptors (Lipinski definition) is 3. The quantitative estimate of drug-likeness (QED) is 0.772. The van der Waals surface area contributed by atoms with Gasteiger partial charge < -0.3 is 9.84 Å². The summed E-state index contributed by atoms with van der Waals surface area (Å²) in [5.41, 5.74) is 1.05. The van der Waals surface area contributed by atoms with Gasteiger partial charge in [-0.15, -0.1) is 0 Å². The van der Waals surface area contributed by atoms with Gasteiger partial charge in [0, 0.05) is 6.92 Å². The van der Waals surface area contributed by atoms with Crippen LogP contribution in [-0.4, -0.2) is 17.2 Å². The Labute approximate surface area is 89.7 Å². The molecule has 0 bridgehead atoms. The summed E-state index contributed by atoms with van der Waals surface area (Å²) in [5, 5.41) is 9.24. The smallest absolute Gasteiger partial charge is 0.302 e. The standard InChI is InChI=1S/C12H16O3/c1-9(15-10(2)13)6-7-11-4-3-5-12(14)8-11/h3-5,8-9,14H,6-7H2,1-2H3/t9-/m1/s1. The predicted molar refractivity (Wildman–Crippen MR) is 57.7 cm³/mol. The van der Waals surface area contributed by atoms with Crippen LogP contribution in [0.4, 0.5) is 0 Å². The Kier molecular flexibility index (Phi) is 4.16. The molecule has 15 heavy (non-hydrogen) atoms. The maximum atomic E-state index is 10.7. The first-order chi connectivity index (χ1) is 7.08. The topological polar surface area (TPSA) is 46.5 Å². The van der Waals surface area contributed by atoms with Gasteiger partial charge >= 0.3 is 5.97 Å². The van der Waals surface area contributed by atoms with Crippen LogP contribution in [0, 0.1) is 0 Å². The Morgan fingerprint density at radius 2 is 2.27 bits per heavy atom. The Morgan fingerprint density at radius 3 is 2.87 bits per heavy atom. The van der Waals surface area contributed by atoms with Gasteiger partial charge in [-0.05, 0) is 37.5 Å². The van der Waals surface area contributed by atoms with Gasteiger partial charge in [-0.2, -0.15) is 0 Å². The fourth-order valence-electron chi connectivity index (χ4n) is 1.42. The van der Waals surface area contributed by atoms with Gasteiger partial charge in [0.1, 0.15) is 5.75 Å². The largest absolute Gasteiger partial charge is 0.508 e. The summed E-state index contributed by atoms with van der Waals surface area (Å²) in [7, 11) is 0. The van der Waals surface area contributed by atoms with Crippen LogP contribution in [0.15, 0.2) is 24.3 Å². The molecule has 1 aromatic rings. The lowest BCUT2D eigenvalue weighted by atomic mass is 10.1. The number of hydrogen-bond donors (Lipinski definition) is 1. The molecule has 1 rings (SSSR count). The van der Waals surface area contributed by atoms with Crippen molar-refractivity contribution in [3.05, 3.63) is 29.8 Å². The first-order valence-corrected chi connectivity index (χ1v) is 5.03. The van der Waals surface area contributed by atoms with Gasteiger partial charge in [0.2, 0.25) is 0 Å². The summed E-state index contributed by atoms with van der Waals surface area (Å²) < 4.78 is 5.00. The molecule has 0 spiro atoms. The summed E-state index contributed by atoms with van der Waals surface area (Å²) in [5.74, 6) is 0.0195. The van der Waals surface area contributed by atoms with Gasteiger partial charge in [0.15, 0.2) is 0 Å². The Hall–Kier alpha value is -1.51. The lowest BCUT2D eigenvalue weighted by Gasteiger charge is -2.11. The zero-order chi connectivity index (χ0) is 11.3. The molecule has 0 saturated carbocycles. The van der Waals surface area contributed by atoms with E-state index in [0.717, 1.165) is 18.4 Å². The highest BCUT2D eigenvalue weighted by molar-refractivity contribution is 5.66. The average molecular weight is 208 g/mol. The summed E-state index contributed by atoms with van der Waals surface area (Å²) >= 11 is 0. The molecule has 1 N–H and O–H groups in total. The van der Waals surface area contributed by atoms with E-state index in [9.17, 15) is 9.90 Å². The molecule has 0 aliphatic rings. The van der Waals surface area contributed by atoms with Crippen LogP contribution in [0.2, 0.25) is 0 Å². The van der Waals surface area contributed by atoms with E-state index in [0.29, 0.717) is 0 Å². The Balaban J connectivity index is 2.40. The molecule has 0 aromatic heterocycles. The highest BCUT2D eigenvalue weighted by Gasteiger charge is 2.05. The van der Waals surface area contributed by atoms with Gasteiger partial charge in [0.05, 0.1) is 6.10 Å². The molecule has 0 saturated heterocycles. The molecule has 3 heteroatoms. The van der Waals surface area contributed by atoms with Crippen LogP contribution < -0.4 is 0 Å². The monoisotopic (exact) mass is 208 g/mol. The second-order valence-electron chi connectivity index (χ2n) is 3.63. The van der Waals surface area contributed by atoms with Crippen molar-refractivity contribution >= 4 is 5.97 Å². The number of benzene rings is 1. The van der Waals surface area contributed by atoms with Gasteiger partial charge in [-0.1, -0.05) is 12.1 Å². The molecular formula is C12H16O3. The van der Waals surface area contributed by atoms with Crippen LogP contribution >= 0.6 is 0 Å². The first kappa shape index (κ1) is 11.6. The lowest BCUT2D eigenvalue weighted by molar-refractivity contribution is -0.145. The summed E-state index contributed by atoms with van der Waals surface area (Å²) in [6.45, 7) is 3.27. The van der Waals surface area contributed by atoms with Crippen molar-refractivity contribution in [3.8, 4) is 5.75 Å². The molecule has 1 atom stereocenters. The Morgan fingerprint density at radius 1 is 1.53 bits per heavy atom. The second kappa shape index (κ2) is 5.39. The molecule has 0 aliphatic carbocycles. The summed E-state index contributed by atoms with van der Waals surface area (Å²) in [6, 6.07) is 7.11. The third kappa shape index (κ3) is 4.49. The van der Waals surface area contributed by atoms with E-state index in [1.165, 1.54) is 6.92 Å². The number of esters is 1. The van der Waals surface area contributed by atoms with E-state index in [4.69, 9.17) is 4.74 Å². The summed E-state index contributed by atoms with van der Waals surface area (Å²) in [4.78, 5) is 10.7. The second-order valence-corrected chi connectivity index (χ2v) is 3.63. The third-order valence-electron chi connectivity index (χ3n) is 2.12. The van der Waals surface area contributed by atoms with Crippen molar-refractivity contribution in [2.75, 3.05) is 0 Å². The fourth-order valence-corrected chi connectivity index (χ4v) is 1.42. The minimum absolute atomic E-state index is 0.0788. The zero-order valence-corrected chi connectivity index (χ0v) is 9.06. The molecular weight excluding hydrogens is 192 g/mol. The molecule has 0 heterocycles. The SMILES string of the molecule is CC(=O)O[C@H](C)CCc1cccc(O)c1. The number of phenols is 1. The Bertz CT molecular complexity index is 333. The fraction of sp³-hybridized carbons (Fsp3) is 0.417. The summed E-state index contributed by atoms with van der Waals surface area (Å²) in [6.07, 6.45) is 1.48. The number of aryl methyl sites for hydroxylation is 1. The molecule has 1 aromatic carbocycles. The van der Waals surface area contributed by atoms with E-state index in [-0.39, 0.29) is 17.8 Å². The van der Waals surface area contributed by atoms with Gasteiger partial charge in [0.25, 0.3) is 0 Å². The van der Waals surface area contributed by atoms with Crippen LogP contribution in [0.25, 0.3) is 0 Å². The molecule has 82 valence electrons. The minimum Gasteiger partial charge on any atom is -0.508 e. The van der Waals surface area contributed by atoms with Gasteiger partial charge in [-0.3, -0.25) is 4.79 Å². The van der Waals surface area contributed by atoms with E-state index in [2.05, 4.69) is 0 Å². The number of ether oxygens (including phenoxy) is 1. The van der Waals surface area contributed by atoms with Crippen LogP contribution in [0.5, 0.6) is 5.75 Å². The van der Waals surface area contributed by atoms with Gasteiger partial charge in [-0.25, -0.2) is 0 Å². The third-order valence-corrected chi connectivity index (χ3v) is 2.12. The maximum absolute atomic E-state index is 10.7. The molecule has 0 radical (unpaired) electrons. The maximum Gasteiger partial charge on any atom is 0.302 e. The number of carbonyl (C=O) groups is 1. The van der Waals surface area contributed by atoms with Crippen molar-refractivity contribution in [1.29, 1.82) is 0 Å². The van der Waals surface area contributed by atoms with Crippen molar-refractivity contribution < 1.29 is 14.6 Å². The van der Waals surface area contributed by atoms with E-state index < -0.39 is 0 Å². The number of carbonyl (C=O) groups excluding carboxylic acids is 1. The molecule has 0 unspecified atom stereocenters. The van der Waals surface area contributed by atoms with Crippen LogP contribution in [0.1, 0.15) is 25.8 Å². The minimum atomic E-state index is -0.251. The number of rotatable bonds is 4. The van der Waals surface area contributed by atoms with E-state index in [1.807, 2.05) is 13.0 Å². The molecule has 3 nitrogen and oxygen atoms in total. The number of phenolic OH excluding ortho intramolecular Hbond substituents is 1. The lowest BCUT2D eigenvalue weighted by Crippen LogP contribution is -2.12. The van der Waals surface area contributed by atoms with Crippen LogP contribution in [0.3, 0.4) is 0 Å². The van der Waals surface area contributed by atoms with Crippen molar-refractivity contribution in [3.63, 3.8) is 0 Å². The van der Waals surface area contributed by atoms with Crippen molar-refractivity contribution in [2.24, 2.45) is 0 Å². The molecule has 0 aliphatic heterocycles. The predicted octanol–water partition coefficient (Wildman–Crippen LogP) is 2.28. The average Bonchev–Trinajstić information content (AvgIpc) is 2.14. The zero-order valence-electron chi connectivity index (χ0n) is 9.06. The number of aromatic hydroxyl groups is 1. The first-order valence-electron chi connectivity index (χ1n) is 5.03. The highest BCUT2D eigenvalue weighted by atomic mass is 16.5. The normalized spacial score (nSPS) is 12.1. The highest BCUT2D eigenvalue weighted by Crippen LogP contribution is 2.13. The van der Waals surface area contributed by atoms with Crippen molar-refractivity contribution in [2.45, 2.75) is 32.8 Å². The van der Waals surface area contributed by atoms with E-state index in [1.54, 1.807) is 18.2 Å². The molecule has 0 amide bonds. The molecule has 0 fully saturated rings.